The number of aromatic nitrogens is 2. The van der Waals surface area contributed by atoms with Crippen molar-refractivity contribution in [2.24, 2.45) is 5.92 Å². The number of aromatic carboxylic acids is 1. The SMILES string of the molecule is CCOC(=O)[C@H](C)CCNC(=O)c1cc(C(=O)O)ncn1. The van der Waals surface area contributed by atoms with E-state index in [1.54, 1.807) is 13.8 Å². The summed E-state index contributed by atoms with van der Waals surface area (Å²) >= 11 is 0. The van der Waals surface area contributed by atoms with Gasteiger partial charge >= 0.3 is 11.9 Å². The second kappa shape index (κ2) is 7.93. The molecule has 0 fully saturated rings. The summed E-state index contributed by atoms with van der Waals surface area (Å²) in [6.07, 6.45) is 1.43. The molecule has 1 aromatic heterocycles. The largest absolute Gasteiger partial charge is 0.477 e. The van der Waals surface area contributed by atoms with Crippen molar-refractivity contribution in [3.8, 4) is 0 Å². The fourth-order valence-electron chi connectivity index (χ4n) is 1.49. The van der Waals surface area contributed by atoms with Gasteiger partial charge in [-0.05, 0) is 13.3 Å². The third kappa shape index (κ3) is 5.17. The van der Waals surface area contributed by atoms with Gasteiger partial charge in [-0.1, -0.05) is 6.92 Å². The molecule has 8 heteroatoms. The van der Waals surface area contributed by atoms with Gasteiger partial charge < -0.3 is 15.2 Å². The Morgan fingerprint density at radius 3 is 2.62 bits per heavy atom. The zero-order valence-corrected chi connectivity index (χ0v) is 11.8. The molecule has 1 heterocycles. The van der Waals surface area contributed by atoms with E-state index in [0.717, 1.165) is 12.4 Å². The first-order valence-electron chi connectivity index (χ1n) is 6.45. The fourth-order valence-corrected chi connectivity index (χ4v) is 1.49. The lowest BCUT2D eigenvalue weighted by Crippen LogP contribution is -2.28. The summed E-state index contributed by atoms with van der Waals surface area (Å²) in [5.41, 5.74) is -0.291. The van der Waals surface area contributed by atoms with Gasteiger partial charge in [-0.3, -0.25) is 9.59 Å². The molecule has 8 nitrogen and oxygen atoms in total. The highest BCUT2D eigenvalue weighted by Crippen LogP contribution is 2.04. The van der Waals surface area contributed by atoms with Gasteiger partial charge in [0.05, 0.1) is 12.5 Å². The zero-order chi connectivity index (χ0) is 15.8. The number of carboxylic acids is 1. The first-order chi connectivity index (χ1) is 9.95. The minimum absolute atomic E-state index is 0.0359. The first-order valence-corrected chi connectivity index (χ1v) is 6.45. The van der Waals surface area contributed by atoms with Crippen LogP contribution in [0, 0.1) is 5.92 Å². The molecule has 2 N–H and O–H groups in total. The highest BCUT2D eigenvalue weighted by Gasteiger charge is 2.15. The molecule has 114 valence electrons. The molecule has 1 amide bonds. The molecule has 1 atom stereocenters. The van der Waals surface area contributed by atoms with Crippen molar-refractivity contribution in [3.63, 3.8) is 0 Å². The summed E-state index contributed by atoms with van der Waals surface area (Å²) in [7, 11) is 0. The van der Waals surface area contributed by atoms with Crippen LogP contribution in [-0.2, 0) is 9.53 Å². The van der Waals surface area contributed by atoms with E-state index in [0.29, 0.717) is 13.0 Å². The van der Waals surface area contributed by atoms with Gasteiger partial charge in [0.25, 0.3) is 5.91 Å². The number of nitrogens with zero attached hydrogens (tertiary/aromatic N) is 2. The Kier molecular flexibility index (Phi) is 6.25. The van der Waals surface area contributed by atoms with E-state index in [1.165, 1.54) is 0 Å². The predicted octanol–water partition coefficient (Wildman–Crippen LogP) is 0.494. The van der Waals surface area contributed by atoms with Crippen LogP contribution < -0.4 is 5.32 Å². The second-order valence-corrected chi connectivity index (χ2v) is 4.29. The normalized spacial score (nSPS) is 11.5. The standard InChI is InChI=1S/C13H17N3O5/c1-3-21-13(20)8(2)4-5-14-11(17)9-6-10(12(18)19)16-7-15-9/h6-8H,3-5H2,1-2H3,(H,14,17)(H,18,19)/t8-/m1/s1. The number of hydrogen-bond donors (Lipinski definition) is 2. The van der Waals surface area contributed by atoms with Crippen LogP contribution in [0.4, 0.5) is 0 Å². The van der Waals surface area contributed by atoms with Crippen molar-refractivity contribution in [1.82, 2.24) is 15.3 Å². The molecule has 0 saturated heterocycles. The lowest BCUT2D eigenvalue weighted by molar-refractivity contribution is -0.147. The zero-order valence-electron chi connectivity index (χ0n) is 11.8. The van der Waals surface area contributed by atoms with E-state index in [1.807, 2.05) is 0 Å². The molecular formula is C13H17N3O5. The van der Waals surface area contributed by atoms with Gasteiger partial charge in [-0.15, -0.1) is 0 Å². The highest BCUT2D eigenvalue weighted by atomic mass is 16.5. The lowest BCUT2D eigenvalue weighted by atomic mass is 10.1. The first kappa shape index (κ1) is 16.5. The number of rotatable bonds is 7. The van der Waals surface area contributed by atoms with E-state index in [-0.39, 0.29) is 29.8 Å². The van der Waals surface area contributed by atoms with Crippen LogP contribution in [0.3, 0.4) is 0 Å². The van der Waals surface area contributed by atoms with E-state index in [4.69, 9.17) is 9.84 Å². The molecule has 0 aliphatic rings. The number of nitrogens with one attached hydrogen (secondary N) is 1. The Hall–Kier alpha value is -2.51. The van der Waals surface area contributed by atoms with Crippen molar-refractivity contribution in [2.75, 3.05) is 13.2 Å². The minimum atomic E-state index is -1.23. The van der Waals surface area contributed by atoms with Crippen LogP contribution in [0.15, 0.2) is 12.4 Å². The molecule has 1 aromatic rings. The molecule has 0 saturated carbocycles. The predicted molar refractivity (Wildman–Crippen MR) is 71.7 cm³/mol. The smallest absolute Gasteiger partial charge is 0.354 e. The number of carbonyl (C=O) groups is 3. The Bertz CT molecular complexity index is 532. The summed E-state index contributed by atoms with van der Waals surface area (Å²) < 4.78 is 4.85. The van der Waals surface area contributed by atoms with Gasteiger partial charge in [-0.25, -0.2) is 14.8 Å². The van der Waals surface area contributed by atoms with Crippen LogP contribution >= 0.6 is 0 Å². The summed E-state index contributed by atoms with van der Waals surface area (Å²) in [5, 5.41) is 11.3. The van der Waals surface area contributed by atoms with E-state index >= 15 is 0 Å². The van der Waals surface area contributed by atoms with Gasteiger partial charge in [0.15, 0.2) is 5.69 Å². The van der Waals surface area contributed by atoms with Crippen molar-refractivity contribution < 1.29 is 24.2 Å². The lowest BCUT2D eigenvalue weighted by Gasteiger charge is -2.10. The summed E-state index contributed by atoms with van der Waals surface area (Å²) in [6.45, 7) is 4.00. The molecule has 0 aromatic carbocycles. The average molecular weight is 295 g/mol. The Morgan fingerprint density at radius 1 is 1.33 bits per heavy atom. The highest BCUT2D eigenvalue weighted by molar-refractivity contribution is 5.94. The number of ether oxygens (including phenoxy) is 1. The van der Waals surface area contributed by atoms with Crippen LogP contribution in [-0.4, -0.2) is 46.1 Å². The van der Waals surface area contributed by atoms with Crippen LogP contribution in [0.5, 0.6) is 0 Å². The third-order valence-corrected chi connectivity index (χ3v) is 2.67. The maximum atomic E-state index is 11.8. The number of esters is 1. The Labute approximate surface area is 121 Å². The minimum Gasteiger partial charge on any atom is -0.477 e. The summed E-state index contributed by atoms with van der Waals surface area (Å²) in [4.78, 5) is 41.1. The quantitative estimate of drug-likeness (QED) is 0.703. The monoisotopic (exact) mass is 295 g/mol. The number of carboxylic acid groups (broad SMARTS) is 1. The molecular weight excluding hydrogens is 278 g/mol. The maximum absolute atomic E-state index is 11.8. The molecule has 0 aliphatic carbocycles. The molecule has 21 heavy (non-hydrogen) atoms. The number of amides is 1. The van der Waals surface area contributed by atoms with E-state index in [2.05, 4.69) is 15.3 Å². The van der Waals surface area contributed by atoms with E-state index in [9.17, 15) is 14.4 Å². The fraction of sp³-hybridized carbons (Fsp3) is 0.462. The summed E-state index contributed by atoms with van der Waals surface area (Å²) in [6, 6.07) is 1.09. The maximum Gasteiger partial charge on any atom is 0.354 e. The van der Waals surface area contributed by atoms with Crippen LogP contribution in [0.1, 0.15) is 41.2 Å². The average Bonchev–Trinajstić information content (AvgIpc) is 2.47. The topological polar surface area (TPSA) is 118 Å². The van der Waals surface area contributed by atoms with Crippen LogP contribution in [0.25, 0.3) is 0 Å². The van der Waals surface area contributed by atoms with Gasteiger partial charge in [0.1, 0.15) is 12.0 Å². The molecule has 0 unspecified atom stereocenters. The van der Waals surface area contributed by atoms with Gasteiger partial charge in [0.2, 0.25) is 0 Å². The van der Waals surface area contributed by atoms with E-state index < -0.39 is 11.9 Å². The number of hydrogen-bond acceptors (Lipinski definition) is 6. The third-order valence-electron chi connectivity index (χ3n) is 2.67. The Morgan fingerprint density at radius 2 is 2.00 bits per heavy atom. The molecule has 0 spiro atoms. The van der Waals surface area contributed by atoms with Crippen molar-refractivity contribution in [1.29, 1.82) is 0 Å². The van der Waals surface area contributed by atoms with Gasteiger partial charge in [0, 0.05) is 12.6 Å². The van der Waals surface area contributed by atoms with Crippen molar-refractivity contribution >= 4 is 17.8 Å². The van der Waals surface area contributed by atoms with Crippen molar-refractivity contribution in [3.05, 3.63) is 23.8 Å². The molecule has 0 radical (unpaired) electrons. The molecule has 0 aliphatic heterocycles. The van der Waals surface area contributed by atoms with Crippen molar-refractivity contribution in [2.45, 2.75) is 20.3 Å². The molecule has 0 bridgehead atoms. The second-order valence-electron chi connectivity index (χ2n) is 4.29. The number of carbonyl (C=O) groups excluding carboxylic acids is 2. The summed E-state index contributed by atoms with van der Waals surface area (Å²) in [5.74, 6) is -2.40. The Balaban J connectivity index is 2.49. The van der Waals surface area contributed by atoms with Gasteiger partial charge in [-0.2, -0.15) is 0 Å². The van der Waals surface area contributed by atoms with Crippen LogP contribution in [0.2, 0.25) is 0 Å². The molecule has 1 rings (SSSR count).